The first-order valence-electron chi connectivity index (χ1n) is 4.50. The van der Waals surface area contributed by atoms with E-state index >= 15 is 0 Å². The summed E-state index contributed by atoms with van der Waals surface area (Å²) < 4.78 is 0. The molecule has 0 heterocycles. The molecule has 1 aliphatic carbocycles. The van der Waals surface area contributed by atoms with E-state index in [0.717, 1.165) is 5.71 Å². The maximum Gasteiger partial charge on any atom is 0.0502 e. The van der Waals surface area contributed by atoms with Crippen molar-refractivity contribution in [2.24, 2.45) is 4.99 Å². The topological polar surface area (TPSA) is 12.4 Å². The molecule has 0 saturated heterocycles. The quantitative estimate of drug-likeness (QED) is 0.538. The Bertz CT molecular complexity index is 152. The molecule has 0 aromatic heterocycles. The molecule has 11 heavy (non-hydrogen) atoms. The van der Waals surface area contributed by atoms with E-state index in [1.807, 2.05) is 13.0 Å². The Morgan fingerprint density at radius 3 is 2.55 bits per heavy atom. The van der Waals surface area contributed by atoms with E-state index in [2.05, 4.69) is 11.6 Å². The van der Waals surface area contributed by atoms with Crippen LogP contribution in [0.3, 0.4) is 0 Å². The summed E-state index contributed by atoms with van der Waals surface area (Å²) in [6.07, 6.45) is 8.53. The minimum Gasteiger partial charge on any atom is -0.287 e. The van der Waals surface area contributed by atoms with Crippen LogP contribution in [0.5, 0.6) is 0 Å². The summed E-state index contributed by atoms with van der Waals surface area (Å²) in [6, 6.07) is 0.599. The highest BCUT2D eigenvalue weighted by atomic mass is 14.8. The van der Waals surface area contributed by atoms with Gasteiger partial charge in [-0.05, 0) is 25.8 Å². The molecule has 0 bridgehead atoms. The largest absolute Gasteiger partial charge is 0.287 e. The van der Waals surface area contributed by atoms with Gasteiger partial charge < -0.3 is 0 Å². The Morgan fingerprint density at radius 1 is 1.36 bits per heavy atom. The fourth-order valence-corrected chi connectivity index (χ4v) is 1.55. The van der Waals surface area contributed by atoms with Crippen LogP contribution in [0.4, 0.5) is 0 Å². The lowest BCUT2D eigenvalue weighted by atomic mass is 9.96. The zero-order chi connectivity index (χ0) is 8.10. The molecule has 1 heteroatoms. The van der Waals surface area contributed by atoms with Crippen LogP contribution in [0, 0.1) is 0 Å². The second-order valence-corrected chi connectivity index (χ2v) is 3.27. The van der Waals surface area contributed by atoms with Crippen molar-refractivity contribution in [2.45, 2.75) is 45.1 Å². The summed E-state index contributed by atoms with van der Waals surface area (Å²) in [6.45, 7) is 5.72. The average molecular weight is 151 g/mol. The van der Waals surface area contributed by atoms with Gasteiger partial charge in [-0.2, -0.15) is 0 Å². The molecule has 1 nitrogen and oxygen atoms in total. The maximum atomic E-state index is 4.55. The highest BCUT2D eigenvalue weighted by Gasteiger charge is 2.10. The van der Waals surface area contributed by atoms with Crippen LogP contribution in [-0.4, -0.2) is 11.8 Å². The van der Waals surface area contributed by atoms with Crippen molar-refractivity contribution >= 4 is 5.71 Å². The third-order valence-corrected chi connectivity index (χ3v) is 2.26. The molecule has 0 unspecified atom stereocenters. The molecule has 0 spiro atoms. The van der Waals surface area contributed by atoms with Gasteiger partial charge >= 0.3 is 0 Å². The monoisotopic (exact) mass is 151 g/mol. The third-order valence-electron chi connectivity index (χ3n) is 2.26. The molecule has 0 aromatic carbocycles. The van der Waals surface area contributed by atoms with Crippen LogP contribution in [0.1, 0.15) is 39.0 Å². The number of nitrogens with zero attached hydrogens (tertiary/aromatic N) is 1. The third kappa shape index (κ3) is 2.87. The van der Waals surface area contributed by atoms with Crippen LogP contribution >= 0.6 is 0 Å². The lowest BCUT2D eigenvalue weighted by Crippen LogP contribution is -2.10. The van der Waals surface area contributed by atoms with E-state index in [-0.39, 0.29) is 0 Å². The van der Waals surface area contributed by atoms with Gasteiger partial charge in [-0.1, -0.05) is 25.8 Å². The van der Waals surface area contributed by atoms with Gasteiger partial charge in [0.2, 0.25) is 0 Å². The highest BCUT2D eigenvalue weighted by Crippen LogP contribution is 2.20. The predicted molar refractivity (Wildman–Crippen MR) is 50.2 cm³/mol. The minimum atomic E-state index is 0.599. The van der Waals surface area contributed by atoms with Gasteiger partial charge in [-0.25, -0.2) is 0 Å². The van der Waals surface area contributed by atoms with Crippen LogP contribution in [0.25, 0.3) is 0 Å². The summed E-state index contributed by atoms with van der Waals surface area (Å²) in [4.78, 5) is 4.55. The molecule has 0 N–H and O–H groups in total. The normalized spacial score (nSPS) is 21.7. The average Bonchev–Trinajstić information content (AvgIpc) is 2.06. The van der Waals surface area contributed by atoms with Crippen molar-refractivity contribution in [3.8, 4) is 0 Å². The molecule has 0 radical (unpaired) electrons. The van der Waals surface area contributed by atoms with Crippen LogP contribution < -0.4 is 0 Å². The number of allylic oxidation sites excluding steroid dienone is 1. The molecule has 1 fully saturated rings. The van der Waals surface area contributed by atoms with Gasteiger partial charge in [0, 0.05) is 5.71 Å². The van der Waals surface area contributed by atoms with Crippen molar-refractivity contribution in [1.82, 2.24) is 0 Å². The Hall–Kier alpha value is -0.590. The van der Waals surface area contributed by atoms with E-state index < -0.39 is 0 Å². The minimum absolute atomic E-state index is 0.599. The molecule has 1 aliphatic rings. The lowest BCUT2D eigenvalue weighted by molar-refractivity contribution is 0.443. The maximum absolute atomic E-state index is 4.55. The summed E-state index contributed by atoms with van der Waals surface area (Å²) in [7, 11) is 0. The van der Waals surface area contributed by atoms with E-state index in [4.69, 9.17) is 0 Å². The summed E-state index contributed by atoms with van der Waals surface area (Å²) in [5.41, 5.74) is 1.09. The molecule has 0 amide bonds. The molecule has 1 rings (SSSR count). The molecule has 62 valence electrons. The first kappa shape index (κ1) is 8.51. The predicted octanol–water partition coefficient (Wildman–Crippen LogP) is 2.97. The standard InChI is InChI=1S/C10H17N/c1-3-9(2)11-10-7-5-4-6-8-10/h3,10H,1,4-8H2,2H3. The van der Waals surface area contributed by atoms with Gasteiger partial charge in [0.05, 0.1) is 6.04 Å². The van der Waals surface area contributed by atoms with Gasteiger partial charge in [0.15, 0.2) is 0 Å². The van der Waals surface area contributed by atoms with Gasteiger partial charge in [-0.15, -0.1) is 0 Å². The Morgan fingerprint density at radius 2 is 2.00 bits per heavy atom. The van der Waals surface area contributed by atoms with E-state index in [1.165, 1.54) is 32.1 Å². The van der Waals surface area contributed by atoms with E-state index in [9.17, 15) is 0 Å². The number of hydrogen-bond acceptors (Lipinski definition) is 1. The van der Waals surface area contributed by atoms with Gasteiger partial charge in [0.25, 0.3) is 0 Å². The molecular weight excluding hydrogens is 134 g/mol. The number of rotatable bonds is 2. The Kier molecular flexibility index (Phi) is 3.34. The second-order valence-electron chi connectivity index (χ2n) is 3.27. The van der Waals surface area contributed by atoms with Gasteiger partial charge in [-0.3, -0.25) is 4.99 Å². The summed E-state index contributed by atoms with van der Waals surface area (Å²) in [5.74, 6) is 0. The summed E-state index contributed by atoms with van der Waals surface area (Å²) in [5, 5.41) is 0. The SMILES string of the molecule is C=CC(C)=NC1CCCCC1. The van der Waals surface area contributed by atoms with Gasteiger partial charge in [0.1, 0.15) is 0 Å². The number of aliphatic imine (C=N–C) groups is 1. The molecular formula is C10H17N. The zero-order valence-corrected chi connectivity index (χ0v) is 7.34. The zero-order valence-electron chi connectivity index (χ0n) is 7.34. The second kappa shape index (κ2) is 4.32. The van der Waals surface area contributed by atoms with Crippen LogP contribution in [0.15, 0.2) is 17.6 Å². The number of hydrogen-bond donors (Lipinski definition) is 0. The molecule has 0 aromatic rings. The van der Waals surface area contributed by atoms with Crippen LogP contribution in [-0.2, 0) is 0 Å². The molecule has 0 atom stereocenters. The van der Waals surface area contributed by atoms with Crippen molar-refractivity contribution in [3.05, 3.63) is 12.7 Å². The summed E-state index contributed by atoms with van der Waals surface area (Å²) >= 11 is 0. The highest BCUT2D eigenvalue weighted by molar-refractivity contribution is 5.92. The van der Waals surface area contributed by atoms with E-state index in [1.54, 1.807) is 0 Å². The van der Waals surface area contributed by atoms with Crippen LogP contribution in [0.2, 0.25) is 0 Å². The van der Waals surface area contributed by atoms with Crippen molar-refractivity contribution in [3.63, 3.8) is 0 Å². The molecule has 1 saturated carbocycles. The lowest BCUT2D eigenvalue weighted by Gasteiger charge is -2.17. The van der Waals surface area contributed by atoms with Crippen molar-refractivity contribution in [2.75, 3.05) is 0 Å². The Balaban J connectivity index is 2.40. The van der Waals surface area contributed by atoms with E-state index in [0.29, 0.717) is 6.04 Å². The first-order valence-corrected chi connectivity index (χ1v) is 4.50. The van der Waals surface area contributed by atoms with Crippen molar-refractivity contribution in [1.29, 1.82) is 0 Å². The Labute approximate surface area is 69.2 Å². The fourth-order valence-electron chi connectivity index (χ4n) is 1.55. The first-order chi connectivity index (χ1) is 5.33. The molecule has 0 aliphatic heterocycles. The van der Waals surface area contributed by atoms with Crippen molar-refractivity contribution < 1.29 is 0 Å². The smallest absolute Gasteiger partial charge is 0.0502 e. The fraction of sp³-hybridized carbons (Fsp3) is 0.700.